The van der Waals surface area contributed by atoms with E-state index in [2.05, 4.69) is 6.92 Å². The summed E-state index contributed by atoms with van der Waals surface area (Å²) < 4.78 is 0. The second-order valence-corrected chi connectivity index (χ2v) is 3.59. The van der Waals surface area contributed by atoms with E-state index in [0.717, 1.165) is 19.3 Å². The van der Waals surface area contributed by atoms with E-state index in [-0.39, 0.29) is 31.0 Å². The number of aliphatic hydroxyl groups excluding tert-OH is 1. The van der Waals surface area contributed by atoms with Gasteiger partial charge in [0.05, 0.1) is 0 Å². The minimum Gasteiger partial charge on any atom is -1.00 e. The van der Waals surface area contributed by atoms with Gasteiger partial charge in [-0.25, -0.2) is 0 Å². The molecule has 0 spiro atoms. The van der Waals surface area contributed by atoms with E-state index in [1.165, 1.54) is 0 Å². The van der Waals surface area contributed by atoms with Crippen molar-refractivity contribution in [2.75, 3.05) is 6.54 Å². The summed E-state index contributed by atoms with van der Waals surface area (Å²) in [5, 5.41) is 18.2. The fourth-order valence-corrected chi connectivity index (χ4v) is 1.39. The Labute approximate surface area is 115 Å². The Hall–Kier alpha value is 0.390. The summed E-state index contributed by atoms with van der Waals surface area (Å²) >= 11 is 0. The van der Waals surface area contributed by atoms with Crippen molar-refractivity contribution in [3.63, 3.8) is 0 Å². The van der Waals surface area contributed by atoms with Crippen LogP contribution in [0.2, 0.25) is 0 Å². The molecule has 0 bridgehead atoms. The van der Waals surface area contributed by atoms with Gasteiger partial charge in [0, 0.05) is 6.54 Å². The van der Waals surface area contributed by atoms with Crippen LogP contribution >= 0.6 is 0 Å². The number of hydrogen-bond acceptors (Lipinski definition) is 3. The van der Waals surface area contributed by atoms with Crippen molar-refractivity contribution in [1.82, 2.24) is 4.90 Å². The van der Waals surface area contributed by atoms with Crippen LogP contribution in [0.15, 0.2) is 0 Å². The third kappa shape index (κ3) is 7.30. The van der Waals surface area contributed by atoms with Crippen molar-refractivity contribution in [3.8, 4) is 0 Å². The van der Waals surface area contributed by atoms with Gasteiger partial charge in [-0.15, -0.1) is 0 Å². The molecule has 4 nitrogen and oxygen atoms in total. The van der Waals surface area contributed by atoms with Gasteiger partial charge in [0.25, 0.3) is 0 Å². The number of aliphatic hydroxyl groups is 1. The Kier molecular flexibility index (Phi) is 11.4. The summed E-state index contributed by atoms with van der Waals surface area (Å²) in [6, 6.07) is -0.619. The standard InChI is InChI=1S/C10H21NO3.Na.H/c1-4-5-6-7-11(9(3)12)8(2)10(13)14;;/h8-9,12H,4-7H2,1-3H3,(H,13,14);;/q;+1;-1. The third-order valence-electron chi connectivity index (χ3n) is 2.35. The van der Waals surface area contributed by atoms with E-state index in [9.17, 15) is 9.90 Å². The number of rotatable bonds is 7. The van der Waals surface area contributed by atoms with Crippen LogP contribution in [0, 0.1) is 0 Å². The minimum absolute atomic E-state index is 0. The summed E-state index contributed by atoms with van der Waals surface area (Å²) in [5.41, 5.74) is 0. The molecule has 0 rings (SSSR count). The molecule has 0 aromatic carbocycles. The zero-order chi connectivity index (χ0) is 11.1. The molecule has 2 unspecified atom stereocenters. The van der Waals surface area contributed by atoms with E-state index < -0.39 is 18.2 Å². The summed E-state index contributed by atoms with van der Waals surface area (Å²) in [5.74, 6) is -0.887. The molecule has 0 saturated carbocycles. The first-order valence-electron chi connectivity index (χ1n) is 5.17. The van der Waals surface area contributed by atoms with Gasteiger partial charge in [0.2, 0.25) is 0 Å². The molecule has 86 valence electrons. The zero-order valence-electron chi connectivity index (χ0n) is 11.2. The van der Waals surface area contributed by atoms with Gasteiger partial charge in [-0.3, -0.25) is 9.69 Å². The molecule has 0 aromatic rings. The fraction of sp³-hybridized carbons (Fsp3) is 0.900. The van der Waals surface area contributed by atoms with Gasteiger partial charge in [-0.1, -0.05) is 19.8 Å². The smallest absolute Gasteiger partial charge is 1.00 e. The minimum atomic E-state index is -0.887. The summed E-state index contributed by atoms with van der Waals surface area (Å²) in [4.78, 5) is 12.3. The van der Waals surface area contributed by atoms with Crippen LogP contribution in [-0.4, -0.2) is 39.9 Å². The SMILES string of the molecule is CCCCCN(C(C)O)C(C)C(=O)O.[H-].[Na+]. The van der Waals surface area contributed by atoms with Crippen molar-refractivity contribution >= 4 is 5.97 Å². The molecule has 0 aliphatic carbocycles. The van der Waals surface area contributed by atoms with Crippen LogP contribution in [0.25, 0.3) is 0 Å². The number of aliphatic carboxylic acids is 1. The maximum atomic E-state index is 10.7. The number of carbonyl (C=O) groups is 1. The Morgan fingerprint density at radius 1 is 1.40 bits per heavy atom. The molecule has 0 heterocycles. The summed E-state index contributed by atoms with van der Waals surface area (Å²) in [6.45, 7) is 5.93. The van der Waals surface area contributed by atoms with Gasteiger partial charge >= 0.3 is 35.5 Å². The second-order valence-electron chi connectivity index (χ2n) is 3.59. The van der Waals surface area contributed by atoms with Gasteiger partial charge in [-0.05, 0) is 20.3 Å². The van der Waals surface area contributed by atoms with E-state index in [0.29, 0.717) is 6.54 Å². The molecule has 0 aromatic heterocycles. The van der Waals surface area contributed by atoms with Crippen LogP contribution in [0.3, 0.4) is 0 Å². The molecule has 0 radical (unpaired) electrons. The number of unbranched alkanes of at least 4 members (excludes halogenated alkanes) is 2. The van der Waals surface area contributed by atoms with Gasteiger partial charge in [0.1, 0.15) is 12.3 Å². The molecule has 15 heavy (non-hydrogen) atoms. The van der Waals surface area contributed by atoms with Gasteiger partial charge in [0.15, 0.2) is 0 Å². The summed E-state index contributed by atoms with van der Waals surface area (Å²) in [6.07, 6.45) is 2.39. The largest absolute Gasteiger partial charge is 1.00 e. The second kappa shape index (κ2) is 9.60. The van der Waals surface area contributed by atoms with Crippen LogP contribution in [0.1, 0.15) is 41.5 Å². The van der Waals surface area contributed by atoms with E-state index in [4.69, 9.17) is 5.11 Å². The predicted molar refractivity (Wildman–Crippen MR) is 56.1 cm³/mol. The molecule has 2 atom stereocenters. The average molecular weight is 227 g/mol. The first-order valence-corrected chi connectivity index (χ1v) is 5.17. The van der Waals surface area contributed by atoms with E-state index in [1.807, 2.05) is 0 Å². The Balaban J connectivity index is -0.000000845. The number of carboxylic acid groups (broad SMARTS) is 1. The topological polar surface area (TPSA) is 60.8 Å². The van der Waals surface area contributed by atoms with Crippen molar-refractivity contribution < 1.29 is 46.0 Å². The first-order chi connectivity index (χ1) is 6.50. The number of nitrogens with zero attached hydrogens (tertiary/aromatic N) is 1. The van der Waals surface area contributed by atoms with Crippen molar-refractivity contribution in [2.45, 2.75) is 52.3 Å². The molecule has 5 heteroatoms. The van der Waals surface area contributed by atoms with Crippen LogP contribution in [-0.2, 0) is 4.79 Å². The fourth-order valence-electron chi connectivity index (χ4n) is 1.39. The zero-order valence-corrected chi connectivity index (χ0v) is 12.2. The number of carboxylic acids is 1. The molecule has 0 aliphatic rings. The van der Waals surface area contributed by atoms with Crippen molar-refractivity contribution in [2.24, 2.45) is 0 Å². The van der Waals surface area contributed by atoms with Crippen LogP contribution in [0.4, 0.5) is 0 Å². The third-order valence-corrected chi connectivity index (χ3v) is 2.35. The molecule has 2 N–H and O–H groups in total. The Morgan fingerprint density at radius 2 is 1.93 bits per heavy atom. The van der Waals surface area contributed by atoms with Crippen molar-refractivity contribution in [1.29, 1.82) is 0 Å². The number of hydrogen-bond donors (Lipinski definition) is 2. The normalized spacial score (nSPS) is 14.5. The van der Waals surface area contributed by atoms with Crippen molar-refractivity contribution in [3.05, 3.63) is 0 Å². The monoisotopic (exact) mass is 227 g/mol. The maximum Gasteiger partial charge on any atom is 1.00 e. The van der Waals surface area contributed by atoms with Gasteiger partial charge < -0.3 is 11.6 Å². The summed E-state index contributed by atoms with van der Waals surface area (Å²) in [7, 11) is 0. The van der Waals surface area contributed by atoms with Gasteiger partial charge in [-0.2, -0.15) is 0 Å². The Morgan fingerprint density at radius 3 is 2.27 bits per heavy atom. The molecule has 0 amide bonds. The predicted octanol–water partition coefficient (Wildman–Crippen LogP) is -1.59. The maximum absolute atomic E-state index is 10.7. The molecular formula is C10H22NNaO3. The van der Waals surface area contributed by atoms with Crippen LogP contribution < -0.4 is 29.6 Å². The quantitative estimate of drug-likeness (QED) is 0.313. The van der Waals surface area contributed by atoms with E-state index in [1.54, 1.807) is 18.7 Å². The van der Waals surface area contributed by atoms with E-state index >= 15 is 0 Å². The average Bonchev–Trinajstić information content (AvgIpc) is 2.10. The molecule has 0 saturated heterocycles. The molecule has 0 fully saturated rings. The van der Waals surface area contributed by atoms with Crippen LogP contribution in [0.5, 0.6) is 0 Å². The molecule has 0 aliphatic heterocycles. The first kappa shape index (κ1) is 17.8. The molecular weight excluding hydrogens is 205 g/mol. The Bertz CT molecular complexity index is 181.